The first-order valence-corrected chi connectivity index (χ1v) is 10.5. The summed E-state index contributed by atoms with van der Waals surface area (Å²) < 4.78 is 11.3. The molecule has 1 N–H and O–H groups in total. The van der Waals surface area contributed by atoms with Gasteiger partial charge in [-0.15, -0.1) is 11.3 Å². The number of ether oxygens (including phenoxy) is 2. The third-order valence-corrected chi connectivity index (χ3v) is 5.97. The van der Waals surface area contributed by atoms with Crippen molar-refractivity contribution in [1.29, 1.82) is 0 Å². The van der Waals surface area contributed by atoms with Crippen LogP contribution < -0.4 is 14.8 Å². The minimum absolute atomic E-state index is 0.0484. The van der Waals surface area contributed by atoms with Crippen LogP contribution in [-0.4, -0.2) is 18.0 Å². The summed E-state index contributed by atoms with van der Waals surface area (Å²) in [7, 11) is 1.58. The summed E-state index contributed by atoms with van der Waals surface area (Å²) in [5.74, 6) is 1.02. The summed E-state index contributed by atoms with van der Waals surface area (Å²) in [5.41, 5.74) is 5.19. The molecule has 0 fully saturated rings. The fraction of sp³-hybridized carbons (Fsp3) is 0.304. The lowest BCUT2D eigenvalue weighted by Gasteiger charge is -2.16. The maximum Gasteiger partial charge on any atom is 0.251 e. The molecule has 0 saturated heterocycles. The predicted octanol–water partition coefficient (Wildman–Crippen LogP) is 4.76. The molecule has 4 rings (SSSR count). The fourth-order valence-electron chi connectivity index (χ4n) is 3.67. The second-order valence-electron chi connectivity index (χ2n) is 7.28. The SMILES string of the molecule is COc1cc(C(=O)NC2CCc3ccc(C)cc32)ccc1OCc1csc(C)n1. The third kappa shape index (κ3) is 4.27. The van der Waals surface area contributed by atoms with Gasteiger partial charge >= 0.3 is 0 Å². The van der Waals surface area contributed by atoms with Crippen molar-refractivity contribution in [2.75, 3.05) is 7.11 Å². The smallest absolute Gasteiger partial charge is 0.251 e. The Bertz CT molecular complexity index is 1040. The molecular weight excluding hydrogens is 384 g/mol. The van der Waals surface area contributed by atoms with Gasteiger partial charge in [-0.25, -0.2) is 4.98 Å². The minimum atomic E-state index is -0.107. The van der Waals surface area contributed by atoms with E-state index in [1.54, 1.807) is 36.6 Å². The maximum atomic E-state index is 12.8. The highest BCUT2D eigenvalue weighted by atomic mass is 32.1. The number of carbonyl (C=O) groups is 1. The molecule has 1 atom stereocenters. The van der Waals surface area contributed by atoms with E-state index in [1.165, 1.54) is 16.7 Å². The lowest BCUT2D eigenvalue weighted by Crippen LogP contribution is -2.27. The summed E-state index contributed by atoms with van der Waals surface area (Å²) in [4.78, 5) is 17.2. The van der Waals surface area contributed by atoms with Gasteiger partial charge in [-0.05, 0) is 56.0 Å². The van der Waals surface area contributed by atoms with E-state index in [4.69, 9.17) is 9.47 Å². The quantitative estimate of drug-likeness (QED) is 0.639. The van der Waals surface area contributed by atoms with E-state index in [0.717, 1.165) is 23.5 Å². The summed E-state index contributed by atoms with van der Waals surface area (Å²) in [5, 5.41) is 6.15. The number of benzene rings is 2. The van der Waals surface area contributed by atoms with Crippen LogP contribution in [0.3, 0.4) is 0 Å². The highest BCUT2D eigenvalue weighted by Crippen LogP contribution is 2.33. The fourth-order valence-corrected chi connectivity index (χ4v) is 4.26. The van der Waals surface area contributed by atoms with Crippen molar-refractivity contribution in [3.63, 3.8) is 0 Å². The zero-order chi connectivity index (χ0) is 20.4. The number of methoxy groups -OCH3 is 1. The number of aromatic nitrogens is 1. The van der Waals surface area contributed by atoms with Gasteiger partial charge in [0.2, 0.25) is 0 Å². The first-order chi connectivity index (χ1) is 14.0. The van der Waals surface area contributed by atoms with Crippen molar-refractivity contribution < 1.29 is 14.3 Å². The molecule has 6 heteroatoms. The van der Waals surface area contributed by atoms with E-state index >= 15 is 0 Å². The van der Waals surface area contributed by atoms with Gasteiger partial charge in [0.05, 0.1) is 23.9 Å². The van der Waals surface area contributed by atoms with Crippen molar-refractivity contribution >= 4 is 17.2 Å². The van der Waals surface area contributed by atoms with E-state index < -0.39 is 0 Å². The molecule has 2 aromatic carbocycles. The first-order valence-electron chi connectivity index (χ1n) is 9.65. The number of amides is 1. The molecule has 1 aromatic heterocycles. The Labute approximate surface area is 174 Å². The molecule has 0 saturated carbocycles. The van der Waals surface area contributed by atoms with Gasteiger partial charge in [-0.1, -0.05) is 23.8 Å². The Kier molecular flexibility index (Phi) is 5.53. The van der Waals surface area contributed by atoms with Crippen LogP contribution in [0.25, 0.3) is 0 Å². The van der Waals surface area contributed by atoms with Crippen molar-refractivity contribution in [3.8, 4) is 11.5 Å². The Balaban J connectivity index is 1.46. The molecule has 1 unspecified atom stereocenters. The number of rotatable bonds is 6. The molecule has 150 valence electrons. The lowest BCUT2D eigenvalue weighted by atomic mass is 10.0. The van der Waals surface area contributed by atoms with Gasteiger partial charge in [-0.3, -0.25) is 4.79 Å². The van der Waals surface area contributed by atoms with Gasteiger partial charge in [0.25, 0.3) is 5.91 Å². The third-order valence-electron chi connectivity index (χ3n) is 5.15. The number of carbonyl (C=O) groups excluding carboxylic acids is 1. The highest BCUT2D eigenvalue weighted by molar-refractivity contribution is 7.09. The van der Waals surface area contributed by atoms with Crippen LogP contribution in [0.5, 0.6) is 11.5 Å². The van der Waals surface area contributed by atoms with Gasteiger partial charge in [0.1, 0.15) is 6.61 Å². The minimum Gasteiger partial charge on any atom is -0.493 e. The number of aryl methyl sites for hydroxylation is 3. The Hall–Kier alpha value is -2.86. The van der Waals surface area contributed by atoms with Gasteiger partial charge < -0.3 is 14.8 Å². The van der Waals surface area contributed by atoms with Crippen LogP contribution in [0, 0.1) is 13.8 Å². The molecule has 0 spiro atoms. The molecule has 1 heterocycles. The van der Waals surface area contributed by atoms with E-state index in [9.17, 15) is 4.79 Å². The normalized spacial score (nSPS) is 15.1. The zero-order valence-electron chi connectivity index (χ0n) is 16.8. The largest absolute Gasteiger partial charge is 0.493 e. The van der Waals surface area contributed by atoms with Crippen molar-refractivity contribution in [2.24, 2.45) is 0 Å². The highest BCUT2D eigenvalue weighted by Gasteiger charge is 2.24. The molecule has 1 aliphatic carbocycles. The van der Waals surface area contributed by atoms with Gasteiger partial charge in [-0.2, -0.15) is 0 Å². The summed E-state index contributed by atoms with van der Waals surface area (Å²) in [6, 6.07) is 11.8. The standard InChI is InChI=1S/C23H24N2O3S/c1-14-4-5-16-6-8-20(19(16)10-14)25-23(26)17-7-9-21(22(11-17)27-3)28-12-18-13-29-15(2)24-18/h4-5,7,9-11,13,20H,6,8,12H2,1-3H3,(H,25,26). The molecule has 0 bridgehead atoms. The average molecular weight is 409 g/mol. The van der Waals surface area contributed by atoms with E-state index in [1.807, 2.05) is 12.3 Å². The summed E-state index contributed by atoms with van der Waals surface area (Å²) in [6.07, 6.45) is 1.92. The lowest BCUT2D eigenvalue weighted by molar-refractivity contribution is 0.0936. The van der Waals surface area contributed by atoms with Crippen LogP contribution in [0.2, 0.25) is 0 Å². The Morgan fingerprint density at radius 2 is 2.07 bits per heavy atom. The Morgan fingerprint density at radius 3 is 2.83 bits per heavy atom. The number of nitrogens with one attached hydrogen (secondary N) is 1. The second-order valence-corrected chi connectivity index (χ2v) is 8.34. The molecule has 1 aliphatic rings. The zero-order valence-corrected chi connectivity index (χ0v) is 17.6. The number of fused-ring (bicyclic) bond motifs is 1. The number of hydrogen-bond acceptors (Lipinski definition) is 5. The molecule has 5 nitrogen and oxygen atoms in total. The number of hydrogen-bond donors (Lipinski definition) is 1. The molecule has 0 radical (unpaired) electrons. The summed E-state index contributed by atoms with van der Waals surface area (Å²) in [6.45, 7) is 4.41. The second kappa shape index (κ2) is 8.25. The van der Waals surface area contributed by atoms with Crippen LogP contribution in [-0.2, 0) is 13.0 Å². The van der Waals surface area contributed by atoms with Crippen LogP contribution in [0.15, 0.2) is 41.8 Å². The topological polar surface area (TPSA) is 60.5 Å². The molecule has 1 amide bonds. The molecule has 3 aromatic rings. The average Bonchev–Trinajstić information content (AvgIpc) is 3.32. The summed E-state index contributed by atoms with van der Waals surface area (Å²) >= 11 is 1.59. The van der Waals surface area contributed by atoms with Gasteiger partial charge in [0, 0.05) is 10.9 Å². The van der Waals surface area contributed by atoms with Crippen LogP contribution >= 0.6 is 11.3 Å². The monoisotopic (exact) mass is 408 g/mol. The van der Waals surface area contributed by atoms with Gasteiger partial charge in [0.15, 0.2) is 11.5 Å². The number of nitrogens with zero attached hydrogens (tertiary/aromatic N) is 1. The van der Waals surface area contributed by atoms with Crippen molar-refractivity contribution in [1.82, 2.24) is 10.3 Å². The Morgan fingerprint density at radius 1 is 1.21 bits per heavy atom. The molecular formula is C23H24N2O3S. The maximum absolute atomic E-state index is 12.8. The predicted molar refractivity (Wildman–Crippen MR) is 114 cm³/mol. The van der Waals surface area contributed by atoms with Crippen molar-refractivity contribution in [2.45, 2.75) is 39.3 Å². The van der Waals surface area contributed by atoms with E-state index in [2.05, 4.69) is 35.4 Å². The van der Waals surface area contributed by atoms with Crippen LogP contribution in [0.1, 0.15) is 50.2 Å². The number of thiazole rings is 1. The van der Waals surface area contributed by atoms with Crippen molar-refractivity contribution in [3.05, 3.63) is 74.7 Å². The van der Waals surface area contributed by atoms with E-state index in [-0.39, 0.29) is 11.9 Å². The van der Waals surface area contributed by atoms with Crippen LogP contribution in [0.4, 0.5) is 0 Å². The first kappa shape index (κ1) is 19.5. The molecule has 29 heavy (non-hydrogen) atoms. The molecule has 0 aliphatic heterocycles. The van der Waals surface area contributed by atoms with E-state index in [0.29, 0.717) is 23.7 Å².